The third kappa shape index (κ3) is 5.89. The van der Waals surface area contributed by atoms with E-state index in [9.17, 15) is 8.42 Å². The number of guanidine groups is 1. The van der Waals surface area contributed by atoms with Crippen molar-refractivity contribution < 1.29 is 8.42 Å². The van der Waals surface area contributed by atoms with Crippen LogP contribution in [0.2, 0.25) is 0 Å². The van der Waals surface area contributed by atoms with Crippen LogP contribution in [0.15, 0.2) is 21.3 Å². The second-order valence-electron chi connectivity index (χ2n) is 5.40. The molecule has 0 saturated heterocycles. The van der Waals surface area contributed by atoms with Crippen molar-refractivity contribution in [3.8, 4) is 0 Å². The van der Waals surface area contributed by atoms with Gasteiger partial charge in [-0.05, 0) is 39.8 Å². The number of aryl methyl sites for hydroxylation is 1. The molecular weight excluding hydrogens is 296 g/mol. The zero-order valence-corrected chi connectivity index (χ0v) is 13.9. The topological polar surface area (TPSA) is 96.6 Å². The summed E-state index contributed by atoms with van der Waals surface area (Å²) in [7, 11) is -3.43. The fourth-order valence-corrected chi connectivity index (χ4v) is 3.76. The Hall–Kier alpha value is -1.12. The highest BCUT2D eigenvalue weighted by molar-refractivity contribution is 7.91. The van der Waals surface area contributed by atoms with Gasteiger partial charge in [-0.1, -0.05) is 0 Å². The molecule has 0 radical (unpaired) electrons. The summed E-state index contributed by atoms with van der Waals surface area (Å²) >= 11 is 1.24. The Balaban J connectivity index is 2.47. The van der Waals surface area contributed by atoms with Gasteiger partial charge in [-0.2, -0.15) is 0 Å². The quantitative estimate of drug-likeness (QED) is 0.429. The molecular formula is C12H22N4O2S2. The maximum absolute atomic E-state index is 11.9. The molecule has 1 heterocycles. The third-order valence-corrected chi connectivity index (χ3v) is 5.12. The molecule has 4 N–H and O–H groups in total. The summed E-state index contributed by atoms with van der Waals surface area (Å²) in [5, 5.41) is 3.00. The average molecular weight is 318 g/mol. The lowest BCUT2D eigenvalue weighted by Gasteiger charge is -2.20. The van der Waals surface area contributed by atoms with Crippen molar-refractivity contribution in [3.63, 3.8) is 0 Å². The first kappa shape index (κ1) is 16.9. The highest BCUT2D eigenvalue weighted by Crippen LogP contribution is 2.19. The number of hydrogen-bond donors (Lipinski definition) is 3. The first-order valence-electron chi connectivity index (χ1n) is 6.24. The van der Waals surface area contributed by atoms with Gasteiger partial charge in [0.05, 0.1) is 6.54 Å². The Morgan fingerprint density at radius 1 is 1.40 bits per heavy atom. The Labute approximate surface area is 124 Å². The van der Waals surface area contributed by atoms with Crippen LogP contribution in [0.5, 0.6) is 0 Å². The number of nitrogens with zero attached hydrogens (tertiary/aromatic N) is 1. The molecule has 114 valence electrons. The predicted octanol–water partition coefficient (Wildman–Crippen LogP) is 1.04. The zero-order valence-electron chi connectivity index (χ0n) is 12.2. The van der Waals surface area contributed by atoms with E-state index in [4.69, 9.17) is 5.73 Å². The molecule has 1 aromatic rings. The molecule has 1 aromatic heterocycles. The Kier molecular flexibility index (Phi) is 5.55. The van der Waals surface area contributed by atoms with Crippen LogP contribution in [0.1, 0.15) is 25.6 Å². The predicted molar refractivity (Wildman–Crippen MR) is 83.6 cm³/mol. The standard InChI is InChI=1S/C12H22N4O2S2/c1-9-5-6-10(19-9)20(17,18)15-8-7-14-11(13)16-12(2,3)4/h5-6,15H,7-8H2,1-4H3,(H3,13,14,16). The number of nitrogens with one attached hydrogen (secondary N) is 2. The lowest BCUT2D eigenvalue weighted by atomic mass is 10.1. The summed E-state index contributed by atoms with van der Waals surface area (Å²) in [5.74, 6) is 0.309. The van der Waals surface area contributed by atoms with E-state index in [0.717, 1.165) is 4.88 Å². The van der Waals surface area contributed by atoms with E-state index in [2.05, 4.69) is 15.0 Å². The van der Waals surface area contributed by atoms with E-state index in [1.807, 2.05) is 27.7 Å². The number of hydrogen-bond acceptors (Lipinski definition) is 4. The summed E-state index contributed by atoms with van der Waals surface area (Å²) in [6, 6.07) is 3.38. The lowest BCUT2D eigenvalue weighted by Crippen LogP contribution is -2.45. The van der Waals surface area contributed by atoms with E-state index >= 15 is 0 Å². The fourth-order valence-electron chi connectivity index (χ4n) is 1.41. The molecule has 1 rings (SSSR count). The van der Waals surface area contributed by atoms with Crippen molar-refractivity contribution in [2.45, 2.75) is 37.4 Å². The van der Waals surface area contributed by atoms with Gasteiger partial charge in [-0.25, -0.2) is 13.1 Å². The number of sulfonamides is 1. The first-order chi connectivity index (χ1) is 9.10. The van der Waals surface area contributed by atoms with Crippen LogP contribution in [0, 0.1) is 6.92 Å². The molecule has 20 heavy (non-hydrogen) atoms. The Bertz CT molecular complexity index is 571. The lowest BCUT2D eigenvalue weighted by molar-refractivity contribution is 0.508. The molecule has 0 fully saturated rings. The van der Waals surface area contributed by atoms with Crippen LogP contribution in [0.25, 0.3) is 0 Å². The minimum Gasteiger partial charge on any atom is -0.370 e. The number of rotatable bonds is 5. The van der Waals surface area contributed by atoms with Crippen molar-refractivity contribution in [2.24, 2.45) is 10.7 Å². The minimum atomic E-state index is -3.43. The van der Waals surface area contributed by atoms with E-state index in [1.165, 1.54) is 11.3 Å². The van der Waals surface area contributed by atoms with Crippen molar-refractivity contribution in [2.75, 3.05) is 13.1 Å². The second-order valence-corrected chi connectivity index (χ2v) is 8.69. The molecule has 0 saturated carbocycles. The maximum atomic E-state index is 11.9. The molecule has 0 unspecified atom stereocenters. The summed E-state index contributed by atoms with van der Waals surface area (Å²) in [4.78, 5) is 5.03. The van der Waals surface area contributed by atoms with Crippen LogP contribution in [-0.4, -0.2) is 33.0 Å². The molecule has 0 bridgehead atoms. The van der Waals surface area contributed by atoms with E-state index in [0.29, 0.717) is 16.7 Å². The molecule has 0 aliphatic rings. The minimum absolute atomic E-state index is 0.165. The van der Waals surface area contributed by atoms with Crippen molar-refractivity contribution in [1.29, 1.82) is 0 Å². The van der Waals surface area contributed by atoms with Gasteiger partial charge >= 0.3 is 0 Å². The molecule has 0 amide bonds. The van der Waals surface area contributed by atoms with E-state index in [1.54, 1.807) is 12.1 Å². The summed E-state index contributed by atoms with van der Waals surface area (Å²) in [6.45, 7) is 8.28. The first-order valence-corrected chi connectivity index (χ1v) is 8.54. The smallest absolute Gasteiger partial charge is 0.250 e. The Morgan fingerprint density at radius 2 is 2.05 bits per heavy atom. The van der Waals surface area contributed by atoms with Crippen molar-refractivity contribution in [3.05, 3.63) is 17.0 Å². The van der Waals surface area contributed by atoms with Gasteiger partial charge in [0.2, 0.25) is 10.0 Å². The summed E-state index contributed by atoms with van der Waals surface area (Å²) in [5.41, 5.74) is 5.52. The monoisotopic (exact) mass is 318 g/mol. The van der Waals surface area contributed by atoms with Gasteiger partial charge in [-0.15, -0.1) is 11.3 Å². The summed E-state index contributed by atoms with van der Waals surface area (Å²) in [6.07, 6.45) is 0. The number of aliphatic imine (C=N–C) groups is 1. The van der Waals surface area contributed by atoms with E-state index < -0.39 is 10.0 Å². The highest BCUT2D eigenvalue weighted by atomic mass is 32.2. The van der Waals surface area contributed by atoms with Crippen molar-refractivity contribution in [1.82, 2.24) is 10.0 Å². The second kappa shape index (κ2) is 6.55. The van der Waals surface area contributed by atoms with Gasteiger partial charge in [0.1, 0.15) is 4.21 Å². The molecule has 0 atom stereocenters. The number of thiophene rings is 1. The summed E-state index contributed by atoms with van der Waals surface area (Å²) < 4.78 is 26.7. The SMILES string of the molecule is Cc1ccc(S(=O)(=O)NCCN=C(N)NC(C)(C)C)s1. The van der Waals surface area contributed by atoms with Crippen LogP contribution in [-0.2, 0) is 10.0 Å². The molecule has 0 aromatic carbocycles. The Morgan fingerprint density at radius 3 is 2.55 bits per heavy atom. The largest absolute Gasteiger partial charge is 0.370 e. The zero-order chi connectivity index (χ0) is 15.4. The van der Waals surface area contributed by atoms with Gasteiger partial charge in [0, 0.05) is 17.0 Å². The van der Waals surface area contributed by atoms with Gasteiger partial charge in [-0.3, -0.25) is 4.99 Å². The highest BCUT2D eigenvalue weighted by Gasteiger charge is 2.15. The van der Waals surface area contributed by atoms with Crippen LogP contribution in [0.4, 0.5) is 0 Å². The van der Waals surface area contributed by atoms with Crippen LogP contribution < -0.4 is 15.8 Å². The number of nitrogens with two attached hydrogens (primary N) is 1. The fraction of sp³-hybridized carbons (Fsp3) is 0.583. The molecule has 0 aliphatic heterocycles. The van der Waals surface area contributed by atoms with Crippen LogP contribution in [0.3, 0.4) is 0 Å². The van der Waals surface area contributed by atoms with Gasteiger partial charge < -0.3 is 11.1 Å². The maximum Gasteiger partial charge on any atom is 0.250 e. The molecule has 8 heteroatoms. The molecule has 0 spiro atoms. The van der Waals surface area contributed by atoms with Crippen LogP contribution >= 0.6 is 11.3 Å². The van der Waals surface area contributed by atoms with E-state index in [-0.39, 0.29) is 12.1 Å². The molecule has 6 nitrogen and oxygen atoms in total. The molecule has 0 aliphatic carbocycles. The van der Waals surface area contributed by atoms with Gasteiger partial charge in [0.15, 0.2) is 5.96 Å². The third-order valence-electron chi connectivity index (χ3n) is 2.17. The van der Waals surface area contributed by atoms with Crippen molar-refractivity contribution >= 4 is 27.3 Å². The van der Waals surface area contributed by atoms with Gasteiger partial charge in [0.25, 0.3) is 0 Å². The normalized spacial score (nSPS) is 13.5. The average Bonchev–Trinajstić information content (AvgIpc) is 2.70.